The molecule has 2 heterocycles. The smallest absolute Gasteiger partial charge is 0.321 e. The van der Waals surface area contributed by atoms with Crippen LogP contribution in [0.25, 0.3) is 0 Å². The molecular weight excluding hydrogens is 664 g/mol. The number of anilines is 2. The first kappa shape index (κ1) is 44.3. The number of carbonyl (C=O) groups excluding carboxylic acids is 2. The fourth-order valence-electron chi connectivity index (χ4n) is 5.80. The Morgan fingerprint density at radius 2 is 0.981 bits per heavy atom. The Labute approximate surface area is 310 Å². The maximum absolute atomic E-state index is 12.5. The van der Waals surface area contributed by atoms with E-state index >= 15 is 0 Å². The molecule has 0 saturated carbocycles. The molecule has 52 heavy (non-hydrogen) atoms. The number of H-pyrrole nitrogens is 2. The van der Waals surface area contributed by atoms with Crippen LogP contribution in [0, 0.1) is 13.8 Å². The first-order valence-corrected chi connectivity index (χ1v) is 18.8. The number of nitrogens with zero attached hydrogens (tertiary/aromatic N) is 6. The number of unbranched alkanes of at least 4 members (excludes halogenated alkanes) is 4. The molecule has 16 heteroatoms. The van der Waals surface area contributed by atoms with Crippen LogP contribution in [0.5, 0.6) is 0 Å². The van der Waals surface area contributed by atoms with Crippen molar-refractivity contribution < 1.29 is 18.6 Å². The molecule has 294 valence electrons. The minimum atomic E-state index is -0.405. The lowest BCUT2D eigenvalue weighted by molar-refractivity contribution is -0.870. The van der Waals surface area contributed by atoms with Crippen LogP contribution in [0.15, 0.2) is 21.7 Å². The lowest BCUT2D eigenvalue weighted by atomic mass is 10.2. The van der Waals surface area contributed by atoms with Crippen LogP contribution in [0.3, 0.4) is 0 Å². The summed E-state index contributed by atoms with van der Waals surface area (Å²) in [4.78, 5) is 66.6. The molecular formula is C36H68N12O4+2. The van der Waals surface area contributed by atoms with Crippen molar-refractivity contribution in [1.29, 1.82) is 0 Å². The maximum atomic E-state index is 12.5. The van der Waals surface area contributed by atoms with Gasteiger partial charge in [-0.15, -0.1) is 0 Å². The van der Waals surface area contributed by atoms with Crippen LogP contribution < -0.4 is 32.4 Å². The number of aromatic amines is 2. The van der Waals surface area contributed by atoms with Gasteiger partial charge in [0.2, 0.25) is 11.9 Å². The van der Waals surface area contributed by atoms with E-state index in [4.69, 9.17) is 0 Å². The molecule has 0 atom stereocenters. The average molecular weight is 733 g/mol. The fourth-order valence-corrected chi connectivity index (χ4v) is 5.80. The number of urea groups is 2. The average Bonchev–Trinajstić information content (AvgIpc) is 3.00. The third-order valence-corrected chi connectivity index (χ3v) is 8.42. The van der Waals surface area contributed by atoms with Crippen molar-refractivity contribution >= 4 is 24.0 Å². The zero-order chi connectivity index (χ0) is 38.6. The Bertz CT molecular complexity index is 1460. The van der Waals surface area contributed by atoms with Crippen molar-refractivity contribution in [3.05, 3.63) is 44.2 Å². The summed E-state index contributed by atoms with van der Waals surface area (Å²) in [6.07, 6.45) is 8.68. The van der Waals surface area contributed by atoms with Gasteiger partial charge in [-0.1, -0.05) is 0 Å². The minimum Gasteiger partial charge on any atom is -0.338 e. The Balaban J connectivity index is 1.90. The van der Waals surface area contributed by atoms with Crippen LogP contribution in [-0.2, 0) is 0 Å². The number of amides is 4. The molecule has 0 bridgehead atoms. The van der Waals surface area contributed by atoms with E-state index in [0.717, 1.165) is 86.9 Å². The van der Waals surface area contributed by atoms with Gasteiger partial charge in [-0.2, -0.15) is 9.97 Å². The summed E-state index contributed by atoms with van der Waals surface area (Å²) in [5, 5.41) is 11.0. The molecule has 2 aromatic rings. The van der Waals surface area contributed by atoms with Gasteiger partial charge in [0.1, 0.15) is 0 Å². The number of aryl methyl sites for hydroxylation is 2. The molecule has 4 amide bonds. The number of quaternary nitrogens is 2. The van der Waals surface area contributed by atoms with E-state index in [2.05, 4.69) is 93.3 Å². The highest BCUT2D eigenvalue weighted by molar-refractivity contribution is 5.87. The highest BCUT2D eigenvalue weighted by Crippen LogP contribution is 2.07. The van der Waals surface area contributed by atoms with E-state index in [9.17, 15) is 19.2 Å². The summed E-state index contributed by atoms with van der Waals surface area (Å²) in [6.45, 7) is 12.1. The predicted octanol–water partition coefficient (Wildman–Crippen LogP) is 2.55. The molecule has 0 aliphatic rings. The first-order valence-electron chi connectivity index (χ1n) is 18.8. The van der Waals surface area contributed by atoms with Crippen LogP contribution in [0.2, 0.25) is 0 Å². The molecule has 0 spiro atoms. The van der Waals surface area contributed by atoms with Crippen molar-refractivity contribution in [1.82, 2.24) is 40.4 Å². The number of hydrogen-bond donors (Lipinski definition) is 6. The second-order valence-electron chi connectivity index (χ2n) is 15.8. The Kier molecular flexibility index (Phi) is 19.5. The maximum Gasteiger partial charge on any atom is 0.321 e. The van der Waals surface area contributed by atoms with Crippen molar-refractivity contribution in [3.8, 4) is 0 Å². The number of aromatic nitrogens is 4. The molecule has 0 unspecified atom stereocenters. The zero-order valence-electron chi connectivity index (χ0n) is 33.2. The minimum absolute atomic E-state index is 0.129. The van der Waals surface area contributed by atoms with Crippen molar-refractivity contribution in [2.45, 2.75) is 65.2 Å². The van der Waals surface area contributed by atoms with Crippen molar-refractivity contribution in [2.24, 2.45) is 0 Å². The third-order valence-electron chi connectivity index (χ3n) is 8.42. The molecule has 0 fully saturated rings. The third kappa shape index (κ3) is 22.2. The summed E-state index contributed by atoms with van der Waals surface area (Å²) < 4.78 is 1.92. The summed E-state index contributed by atoms with van der Waals surface area (Å²) in [7, 11) is 13.3. The summed E-state index contributed by atoms with van der Waals surface area (Å²) in [5.41, 5.74) is 0.443. The summed E-state index contributed by atoms with van der Waals surface area (Å²) in [6, 6.07) is 1.95. The van der Waals surface area contributed by atoms with Gasteiger partial charge in [-0.3, -0.25) is 20.2 Å². The molecule has 0 aliphatic carbocycles. The first-order chi connectivity index (χ1) is 24.5. The monoisotopic (exact) mass is 733 g/mol. The molecule has 0 saturated heterocycles. The van der Waals surface area contributed by atoms with E-state index < -0.39 is 23.2 Å². The second kappa shape index (κ2) is 22.9. The lowest BCUT2D eigenvalue weighted by Crippen LogP contribution is -2.39. The molecule has 0 aliphatic heterocycles. The second-order valence-corrected chi connectivity index (χ2v) is 15.8. The van der Waals surface area contributed by atoms with E-state index in [1.54, 1.807) is 13.8 Å². The van der Waals surface area contributed by atoms with Gasteiger partial charge in [0, 0.05) is 43.2 Å². The number of nitrogens with one attached hydrogen (secondary N) is 6. The van der Waals surface area contributed by atoms with Crippen molar-refractivity contribution in [2.75, 3.05) is 118 Å². The fraction of sp³-hybridized carbons (Fsp3) is 0.722. The van der Waals surface area contributed by atoms with E-state index in [1.807, 2.05) is 0 Å². The molecule has 16 nitrogen and oxygen atoms in total. The van der Waals surface area contributed by atoms with Gasteiger partial charge in [0.05, 0.1) is 55.4 Å². The van der Waals surface area contributed by atoms with Gasteiger partial charge in [0.15, 0.2) is 0 Å². The van der Waals surface area contributed by atoms with Gasteiger partial charge in [0.25, 0.3) is 11.1 Å². The zero-order valence-corrected chi connectivity index (χ0v) is 33.2. The van der Waals surface area contributed by atoms with Crippen LogP contribution >= 0.6 is 0 Å². The number of carbonyl (C=O) groups is 2. The Hall–Kier alpha value is -3.86. The number of hydrogen-bond acceptors (Lipinski definition) is 8. The SMILES string of the molecule is Cc1cc(=O)nc(NC(=O)NCCCN(CCCCC[N+](C)(C)C)CCCN(CCCCC[N+](C)(C)C)CCNC(=O)Nc2nc(=O)cc(C)[nH]2)[nH]1. The predicted molar refractivity (Wildman–Crippen MR) is 209 cm³/mol. The van der Waals surface area contributed by atoms with Gasteiger partial charge >= 0.3 is 12.1 Å². The van der Waals surface area contributed by atoms with E-state index in [-0.39, 0.29) is 11.9 Å². The van der Waals surface area contributed by atoms with Crippen LogP contribution in [-0.4, -0.2) is 158 Å². The molecule has 2 rings (SSSR count). The van der Waals surface area contributed by atoms with Gasteiger partial charge in [-0.05, 0) is 97.9 Å². The van der Waals surface area contributed by atoms with E-state index in [0.29, 0.717) is 31.0 Å². The molecule has 0 aromatic carbocycles. The Morgan fingerprint density at radius 1 is 0.577 bits per heavy atom. The standard InChI is InChI=1S/C36H66N12O4/c1-29-27-31(49)41-33(39-29)43-35(51)37-17-15-21-45(19-11-9-13-25-47(3,4)5)22-16-23-46(20-12-10-14-26-48(6,7)8)24-18-38-36(52)44-34-40-30(2)28-32(50)42-34/h27-28H,9-26H2,1-8H3,(H4-2,37,38,39,40,41,42,43,44,49,50,51,52)/p+2. The molecule has 0 radical (unpaired) electrons. The van der Waals surface area contributed by atoms with Gasteiger partial charge < -0.3 is 39.4 Å². The highest BCUT2D eigenvalue weighted by atomic mass is 16.2. The number of rotatable bonds is 25. The van der Waals surface area contributed by atoms with Crippen LogP contribution in [0.4, 0.5) is 21.5 Å². The quantitative estimate of drug-likeness (QED) is 0.0666. The molecule has 6 N–H and O–H groups in total. The summed E-state index contributed by atoms with van der Waals surface area (Å²) in [5.74, 6) is 0.260. The molecule has 2 aromatic heterocycles. The van der Waals surface area contributed by atoms with Gasteiger partial charge in [-0.25, -0.2) is 9.59 Å². The topological polar surface area (TPSA) is 180 Å². The lowest BCUT2D eigenvalue weighted by Gasteiger charge is -2.27. The van der Waals surface area contributed by atoms with Crippen LogP contribution in [0.1, 0.15) is 62.8 Å². The Morgan fingerprint density at radius 3 is 1.42 bits per heavy atom. The normalized spacial score (nSPS) is 12.0. The highest BCUT2D eigenvalue weighted by Gasteiger charge is 2.13. The van der Waals surface area contributed by atoms with E-state index in [1.165, 1.54) is 31.4 Å². The summed E-state index contributed by atoms with van der Waals surface area (Å²) >= 11 is 0. The van der Waals surface area contributed by atoms with Crippen molar-refractivity contribution in [3.63, 3.8) is 0 Å². The largest absolute Gasteiger partial charge is 0.338 e.